The lowest BCUT2D eigenvalue weighted by atomic mass is 9.66. The van der Waals surface area contributed by atoms with Crippen LogP contribution >= 0.6 is 0 Å². The van der Waals surface area contributed by atoms with Gasteiger partial charge in [0.25, 0.3) is 5.91 Å². The van der Waals surface area contributed by atoms with Gasteiger partial charge >= 0.3 is 0 Å². The fraction of sp³-hybridized carbons (Fsp3) is 0.267. The van der Waals surface area contributed by atoms with E-state index in [9.17, 15) is 28.0 Å². The number of ketones is 2. The van der Waals surface area contributed by atoms with E-state index in [1.807, 2.05) is 0 Å². The molecule has 0 radical (unpaired) electrons. The molecule has 4 rings (SSSR count). The molecule has 1 saturated heterocycles. The molecule has 1 aliphatic heterocycles. The van der Waals surface area contributed by atoms with Gasteiger partial charge in [0.1, 0.15) is 5.78 Å². The fourth-order valence-corrected chi connectivity index (χ4v) is 3.25. The van der Waals surface area contributed by atoms with Crippen molar-refractivity contribution in [3.63, 3.8) is 0 Å². The number of hydrogen-bond acceptors (Lipinski definition) is 6. The lowest BCUT2D eigenvalue weighted by Crippen LogP contribution is -2.44. The Morgan fingerprint density at radius 2 is 1.92 bits per heavy atom. The molecule has 0 unspecified atom stereocenters. The average molecular weight is 334 g/mol. The number of anilines is 1. The maximum Gasteiger partial charge on any atom is 0.296 e. The molecule has 2 fully saturated rings. The highest BCUT2D eigenvalue weighted by Crippen LogP contribution is 2.46. The van der Waals surface area contributed by atoms with Crippen molar-refractivity contribution in [1.29, 1.82) is 0 Å². The molecule has 0 atom stereocenters. The van der Waals surface area contributed by atoms with Gasteiger partial charge in [-0.15, -0.1) is 0 Å². The SMILES string of the molecule is O=Cc1cc2c(N3CC4(CC(=O)C4)C(=O)C3=O)noc2c(F)c1F. The van der Waals surface area contributed by atoms with E-state index in [2.05, 4.69) is 5.16 Å². The van der Waals surface area contributed by atoms with Crippen molar-refractivity contribution in [3.8, 4) is 0 Å². The molecule has 122 valence electrons. The number of benzene rings is 1. The monoisotopic (exact) mass is 334 g/mol. The molecule has 7 nitrogen and oxygen atoms in total. The van der Waals surface area contributed by atoms with Crippen molar-refractivity contribution in [2.24, 2.45) is 5.41 Å². The molecular weight excluding hydrogens is 326 g/mol. The zero-order valence-electron chi connectivity index (χ0n) is 12.0. The molecule has 1 aliphatic carbocycles. The van der Waals surface area contributed by atoms with Crippen molar-refractivity contribution < 1.29 is 32.5 Å². The van der Waals surface area contributed by atoms with E-state index in [1.165, 1.54) is 0 Å². The van der Waals surface area contributed by atoms with Crippen LogP contribution in [0.2, 0.25) is 0 Å². The summed E-state index contributed by atoms with van der Waals surface area (Å²) in [6.07, 6.45) is 0.0521. The first-order valence-electron chi connectivity index (χ1n) is 6.98. The van der Waals surface area contributed by atoms with Crippen LogP contribution in [-0.2, 0) is 14.4 Å². The summed E-state index contributed by atoms with van der Waals surface area (Å²) >= 11 is 0. The zero-order chi connectivity index (χ0) is 17.2. The van der Waals surface area contributed by atoms with Crippen LogP contribution in [0.5, 0.6) is 0 Å². The molecule has 1 aromatic carbocycles. The second kappa shape index (κ2) is 4.53. The van der Waals surface area contributed by atoms with E-state index in [4.69, 9.17) is 4.52 Å². The van der Waals surface area contributed by atoms with E-state index in [-0.39, 0.29) is 42.7 Å². The van der Waals surface area contributed by atoms with Gasteiger partial charge in [-0.3, -0.25) is 24.1 Å². The number of carbonyl (C=O) groups is 4. The van der Waals surface area contributed by atoms with Crippen molar-refractivity contribution in [2.45, 2.75) is 12.8 Å². The standard InChI is InChI=1S/C15H8F2N2O5/c16-9-6(4-20)1-8-11(10(9)17)24-18-13(8)19-5-15(2-7(21)3-15)12(22)14(19)23/h1,4H,2-3,5H2. The molecule has 2 aromatic rings. The van der Waals surface area contributed by atoms with Gasteiger partial charge in [0.2, 0.25) is 17.2 Å². The third kappa shape index (κ3) is 1.66. The second-order valence-electron chi connectivity index (χ2n) is 5.99. The summed E-state index contributed by atoms with van der Waals surface area (Å²) in [5, 5.41) is 3.46. The van der Waals surface area contributed by atoms with Crippen molar-refractivity contribution in [2.75, 3.05) is 11.4 Å². The normalized spacial score (nSPS) is 19.4. The highest BCUT2D eigenvalue weighted by molar-refractivity contribution is 6.47. The Balaban J connectivity index is 1.84. The Morgan fingerprint density at radius 3 is 2.54 bits per heavy atom. The summed E-state index contributed by atoms with van der Waals surface area (Å²) < 4.78 is 32.3. The summed E-state index contributed by atoms with van der Waals surface area (Å²) in [5.74, 6) is -4.70. The van der Waals surface area contributed by atoms with Gasteiger partial charge in [-0.2, -0.15) is 4.39 Å². The third-order valence-electron chi connectivity index (χ3n) is 4.49. The van der Waals surface area contributed by atoms with Crippen LogP contribution in [0, 0.1) is 17.0 Å². The first-order chi connectivity index (χ1) is 11.4. The maximum absolute atomic E-state index is 13.9. The third-order valence-corrected chi connectivity index (χ3v) is 4.49. The zero-order valence-corrected chi connectivity index (χ0v) is 12.0. The molecule has 2 heterocycles. The minimum absolute atomic E-state index is 0.0353. The Kier molecular flexibility index (Phi) is 2.76. The van der Waals surface area contributed by atoms with E-state index >= 15 is 0 Å². The first-order valence-corrected chi connectivity index (χ1v) is 6.98. The van der Waals surface area contributed by atoms with Crippen LogP contribution in [0.4, 0.5) is 14.6 Å². The van der Waals surface area contributed by atoms with Gasteiger partial charge in [0.15, 0.2) is 17.9 Å². The van der Waals surface area contributed by atoms with Crippen LogP contribution in [0.15, 0.2) is 10.6 Å². The number of rotatable bonds is 2. The number of fused-ring (bicyclic) bond motifs is 1. The van der Waals surface area contributed by atoms with E-state index < -0.39 is 39.9 Å². The predicted octanol–water partition coefficient (Wildman–Crippen LogP) is 1.18. The second-order valence-corrected chi connectivity index (χ2v) is 5.99. The molecule has 0 N–H and O–H groups in total. The molecule has 1 spiro atoms. The number of nitrogens with zero attached hydrogens (tertiary/aromatic N) is 2. The first kappa shape index (κ1) is 14.6. The Morgan fingerprint density at radius 1 is 1.21 bits per heavy atom. The lowest BCUT2D eigenvalue weighted by molar-refractivity contribution is -0.146. The van der Waals surface area contributed by atoms with Gasteiger partial charge in [0.05, 0.1) is 16.4 Å². The Labute approximate surface area is 132 Å². The summed E-state index contributed by atoms with van der Waals surface area (Å²) in [7, 11) is 0. The summed E-state index contributed by atoms with van der Waals surface area (Å²) in [4.78, 5) is 47.4. The maximum atomic E-state index is 13.9. The van der Waals surface area contributed by atoms with Gasteiger partial charge < -0.3 is 4.52 Å². The summed E-state index contributed by atoms with van der Waals surface area (Å²) in [5.41, 5.74) is -2.19. The molecule has 0 bridgehead atoms. The molecule has 1 amide bonds. The van der Waals surface area contributed by atoms with E-state index in [1.54, 1.807) is 0 Å². The van der Waals surface area contributed by atoms with Gasteiger partial charge in [-0.1, -0.05) is 5.16 Å². The molecule has 1 aromatic heterocycles. The number of Topliss-reactive ketones (excluding diaryl/α,β-unsaturated/α-hetero) is 2. The van der Waals surface area contributed by atoms with Crippen LogP contribution in [-0.4, -0.2) is 35.5 Å². The lowest BCUT2D eigenvalue weighted by Gasteiger charge is -2.33. The number of amides is 1. The predicted molar refractivity (Wildman–Crippen MR) is 73.3 cm³/mol. The van der Waals surface area contributed by atoms with Gasteiger partial charge in [-0.05, 0) is 6.07 Å². The van der Waals surface area contributed by atoms with Gasteiger partial charge in [-0.25, -0.2) is 4.39 Å². The number of hydrogen-bond donors (Lipinski definition) is 0. The number of halogens is 2. The number of aromatic nitrogens is 1. The number of carbonyl (C=O) groups excluding carboxylic acids is 4. The van der Waals surface area contributed by atoms with E-state index in [0.29, 0.717) is 0 Å². The molecule has 24 heavy (non-hydrogen) atoms. The Bertz CT molecular complexity index is 956. The highest BCUT2D eigenvalue weighted by atomic mass is 19.2. The van der Waals surface area contributed by atoms with Crippen molar-refractivity contribution in [3.05, 3.63) is 23.3 Å². The average Bonchev–Trinajstić information content (AvgIpc) is 3.05. The van der Waals surface area contributed by atoms with Crippen LogP contribution < -0.4 is 4.90 Å². The summed E-state index contributed by atoms with van der Waals surface area (Å²) in [6.45, 7) is -0.0898. The van der Waals surface area contributed by atoms with Crippen molar-refractivity contribution in [1.82, 2.24) is 5.16 Å². The minimum Gasteiger partial charge on any atom is -0.351 e. The number of aldehydes is 1. The molecule has 1 saturated carbocycles. The van der Waals surface area contributed by atoms with Crippen molar-refractivity contribution >= 4 is 40.5 Å². The molecular formula is C15H8F2N2O5. The van der Waals surface area contributed by atoms with Crippen LogP contribution in [0.1, 0.15) is 23.2 Å². The van der Waals surface area contributed by atoms with E-state index in [0.717, 1.165) is 11.0 Å². The largest absolute Gasteiger partial charge is 0.351 e. The molecule has 9 heteroatoms. The Hall–Kier alpha value is -2.97. The summed E-state index contributed by atoms with van der Waals surface area (Å²) in [6, 6.07) is 1.00. The van der Waals surface area contributed by atoms with Crippen LogP contribution in [0.3, 0.4) is 0 Å². The molecule has 2 aliphatic rings. The topological polar surface area (TPSA) is 97.6 Å². The van der Waals surface area contributed by atoms with Gasteiger partial charge in [0, 0.05) is 19.4 Å². The highest BCUT2D eigenvalue weighted by Gasteiger charge is 2.59. The van der Waals surface area contributed by atoms with Crippen LogP contribution in [0.25, 0.3) is 11.0 Å². The minimum atomic E-state index is -1.40. The smallest absolute Gasteiger partial charge is 0.296 e. The quantitative estimate of drug-likeness (QED) is 0.604. The fourth-order valence-electron chi connectivity index (χ4n) is 3.25.